The largest absolute Gasteiger partial charge is 0.477 e. The van der Waals surface area contributed by atoms with E-state index >= 15 is 0 Å². The molecule has 0 saturated carbocycles. The van der Waals surface area contributed by atoms with Crippen LogP contribution in [0.2, 0.25) is 0 Å². The first kappa shape index (κ1) is 14.5. The van der Waals surface area contributed by atoms with Gasteiger partial charge in [0.15, 0.2) is 0 Å². The van der Waals surface area contributed by atoms with Crippen LogP contribution in [0, 0.1) is 0 Å². The van der Waals surface area contributed by atoms with Crippen LogP contribution in [-0.2, 0) is 6.54 Å². The van der Waals surface area contributed by atoms with Gasteiger partial charge in [-0.2, -0.15) is 0 Å². The van der Waals surface area contributed by atoms with E-state index in [-0.39, 0.29) is 12.2 Å². The van der Waals surface area contributed by atoms with Gasteiger partial charge in [-0.25, -0.2) is 9.78 Å². The van der Waals surface area contributed by atoms with Gasteiger partial charge in [-0.1, -0.05) is 6.07 Å². The number of aliphatic hydroxyl groups excluding tert-OH is 3. The van der Waals surface area contributed by atoms with Crippen LogP contribution in [-0.4, -0.2) is 56.7 Å². The zero-order chi connectivity index (χ0) is 13.6. The molecular weight excluding hydrogens is 240 g/mol. The maximum absolute atomic E-state index is 10.7. The molecule has 7 nitrogen and oxygen atoms in total. The summed E-state index contributed by atoms with van der Waals surface area (Å²) in [6, 6.07) is 4.52. The number of aromatic nitrogens is 1. The summed E-state index contributed by atoms with van der Waals surface area (Å²) in [5, 5.41) is 38.8. The summed E-state index contributed by atoms with van der Waals surface area (Å²) in [6.45, 7) is -1.21. The van der Waals surface area contributed by atoms with Gasteiger partial charge in [-0.3, -0.25) is 5.32 Å². The first-order chi connectivity index (χ1) is 8.56. The fourth-order valence-electron chi connectivity index (χ4n) is 1.29. The Balaban J connectivity index is 2.73. The Morgan fingerprint density at radius 3 is 2.33 bits per heavy atom. The Hall–Kier alpha value is -1.54. The number of aliphatic hydroxyl groups is 3. The molecule has 18 heavy (non-hydrogen) atoms. The number of nitrogens with one attached hydrogen (secondary N) is 1. The van der Waals surface area contributed by atoms with E-state index in [9.17, 15) is 4.79 Å². The minimum Gasteiger partial charge on any atom is -0.477 e. The molecule has 1 aromatic rings. The molecule has 100 valence electrons. The third-order valence-electron chi connectivity index (χ3n) is 2.58. The molecule has 0 spiro atoms. The molecule has 1 heterocycles. The molecule has 5 N–H and O–H groups in total. The van der Waals surface area contributed by atoms with Crippen molar-refractivity contribution in [3.8, 4) is 0 Å². The smallest absolute Gasteiger partial charge is 0.354 e. The second kappa shape index (κ2) is 6.41. The lowest BCUT2D eigenvalue weighted by molar-refractivity contribution is 0.0411. The monoisotopic (exact) mass is 256 g/mol. The molecular formula is C11H16N2O5. The quantitative estimate of drug-likeness (QED) is 0.406. The summed E-state index contributed by atoms with van der Waals surface area (Å²) in [5.41, 5.74) is -0.854. The highest BCUT2D eigenvalue weighted by Crippen LogP contribution is 2.05. The predicted molar refractivity (Wildman–Crippen MR) is 62.0 cm³/mol. The number of carboxylic acid groups (broad SMARTS) is 1. The molecule has 0 aromatic carbocycles. The predicted octanol–water partition coefficient (Wildman–Crippen LogP) is -1.41. The number of hydrogen-bond acceptors (Lipinski definition) is 6. The number of aromatic carboxylic acids is 1. The van der Waals surface area contributed by atoms with Crippen molar-refractivity contribution >= 4 is 5.97 Å². The molecule has 0 unspecified atom stereocenters. The maximum atomic E-state index is 10.7. The number of carboxylic acids is 1. The van der Waals surface area contributed by atoms with Gasteiger partial charge in [0, 0.05) is 6.54 Å². The number of pyridine rings is 1. The van der Waals surface area contributed by atoms with E-state index in [1.54, 1.807) is 12.1 Å². The summed E-state index contributed by atoms with van der Waals surface area (Å²) in [4.78, 5) is 14.6. The van der Waals surface area contributed by atoms with Crippen molar-refractivity contribution in [1.29, 1.82) is 0 Å². The Morgan fingerprint density at radius 1 is 1.22 bits per heavy atom. The van der Waals surface area contributed by atoms with Crippen molar-refractivity contribution in [2.75, 3.05) is 19.8 Å². The topological polar surface area (TPSA) is 123 Å². The number of hydrogen-bond donors (Lipinski definition) is 5. The summed E-state index contributed by atoms with van der Waals surface area (Å²) in [7, 11) is 0. The maximum Gasteiger partial charge on any atom is 0.354 e. The van der Waals surface area contributed by atoms with Crippen LogP contribution in [0.4, 0.5) is 0 Å². The summed E-state index contributed by atoms with van der Waals surface area (Å²) >= 11 is 0. The molecule has 0 saturated heterocycles. The van der Waals surface area contributed by atoms with E-state index in [0.29, 0.717) is 5.69 Å². The average molecular weight is 256 g/mol. The van der Waals surface area contributed by atoms with Crippen LogP contribution in [0.15, 0.2) is 18.2 Å². The first-order valence-corrected chi connectivity index (χ1v) is 5.34. The van der Waals surface area contributed by atoms with E-state index < -0.39 is 31.3 Å². The molecule has 1 rings (SSSR count). The van der Waals surface area contributed by atoms with Crippen LogP contribution in [0.3, 0.4) is 0 Å². The highest BCUT2D eigenvalue weighted by atomic mass is 16.4. The van der Waals surface area contributed by atoms with E-state index in [1.807, 2.05) is 0 Å². The lowest BCUT2D eigenvalue weighted by Crippen LogP contribution is -2.54. The van der Waals surface area contributed by atoms with Gasteiger partial charge in [0.2, 0.25) is 0 Å². The number of carbonyl (C=O) groups is 1. The van der Waals surface area contributed by atoms with Crippen molar-refractivity contribution in [1.82, 2.24) is 10.3 Å². The third-order valence-corrected chi connectivity index (χ3v) is 2.58. The van der Waals surface area contributed by atoms with Crippen LogP contribution in [0.5, 0.6) is 0 Å². The first-order valence-electron chi connectivity index (χ1n) is 5.34. The van der Waals surface area contributed by atoms with E-state index in [0.717, 1.165) is 0 Å². The Morgan fingerprint density at radius 2 is 1.83 bits per heavy atom. The van der Waals surface area contributed by atoms with Crippen LogP contribution in [0.1, 0.15) is 16.2 Å². The summed E-state index contributed by atoms with van der Waals surface area (Å²) in [5.74, 6) is -1.13. The van der Waals surface area contributed by atoms with Gasteiger partial charge in [0.25, 0.3) is 0 Å². The van der Waals surface area contributed by atoms with Gasteiger partial charge in [-0.05, 0) is 12.1 Å². The Labute approximate surface area is 104 Å². The van der Waals surface area contributed by atoms with E-state index in [4.69, 9.17) is 20.4 Å². The van der Waals surface area contributed by atoms with Gasteiger partial charge in [0.05, 0.1) is 31.1 Å². The summed E-state index contributed by atoms with van der Waals surface area (Å²) < 4.78 is 0. The Kier molecular flexibility index (Phi) is 5.17. The molecule has 1 aromatic heterocycles. The van der Waals surface area contributed by atoms with Gasteiger partial charge in [0.1, 0.15) is 5.69 Å². The lowest BCUT2D eigenvalue weighted by Gasteiger charge is -2.28. The highest BCUT2D eigenvalue weighted by Gasteiger charge is 2.27. The van der Waals surface area contributed by atoms with Gasteiger partial charge in [-0.15, -0.1) is 0 Å². The minimum absolute atomic E-state index is 0.0862. The lowest BCUT2D eigenvalue weighted by atomic mass is 10.0. The molecule has 0 atom stereocenters. The molecule has 0 fully saturated rings. The van der Waals surface area contributed by atoms with Crippen molar-refractivity contribution in [3.05, 3.63) is 29.6 Å². The molecule has 0 bridgehead atoms. The average Bonchev–Trinajstić information content (AvgIpc) is 2.41. The molecule has 0 aliphatic rings. The van der Waals surface area contributed by atoms with Crippen molar-refractivity contribution in [2.45, 2.75) is 12.1 Å². The minimum atomic E-state index is -1.21. The van der Waals surface area contributed by atoms with Crippen molar-refractivity contribution in [3.63, 3.8) is 0 Å². The van der Waals surface area contributed by atoms with Crippen LogP contribution >= 0.6 is 0 Å². The number of rotatable bonds is 7. The summed E-state index contributed by atoms with van der Waals surface area (Å²) in [6.07, 6.45) is 0. The Bertz CT molecular complexity index is 398. The molecule has 0 aliphatic heterocycles. The fourth-order valence-corrected chi connectivity index (χ4v) is 1.29. The van der Waals surface area contributed by atoms with E-state index in [1.165, 1.54) is 6.07 Å². The number of nitrogens with zero attached hydrogens (tertiary/aromatic N) is 1. The van der Waals surface area contributed by atoms with Gasteiger partial charge < -0.3 is 20.4 Å². The molecule has 0 aliphatic carbocycles. The van der Waals surface area contributed by atoms with Crippen LogP contribution < -0.4 is 5.32 Å². The van der Waals surface area contributed by atoms with E-state index in [2.05, 4.69) is 10.3 Å². The van der Waals surface area contributed by atoms with Gasteiger partial charge >= 0.3 is 5.97 Å². The molecule has 7 heteroatoms. The SMILES string of the molecule is O=C(O)c1cccc(CNC(CO)(CO)CO)n1. The van der Waals surface area contributed by atoms with Crippen LogP contribution in [0.25, 0.3) is 0 Å². The highest BCUT2D eigenvalue weighted by molar-refractivity contribution is 5.85. The standard InChI is InChI=1S/C11H16N2O5/c14-5-11(6-15,7-16)12-4-8-2-1-3-9(13-8)10(17)18/h1-3,12,14-16H,4-7H2,(H,17,18). The molecule has 0 amide bonds. The van der Waals surface area contributed by atoms with Crippen molar-refractivity contribution < 1.29 is 25.2 Å². The zero-order valence-corrected chi connectivity index (χ0v) is 9.70. The normalized spacial score (nSPS) is 11.5. The molecule has 0 radical (unpaired) electrons. The fraction of sp³-hybridized carbons (Fsp3) is 0.455. The second-order valence-corrected chi connectivity index (χ2v) is 3.93. The second-order valence-electron chi connectivity index (χ2n) is 3.93. The zero-order valence-electron chi connectivity index (χ0n) is 9.70. The van der Waals surface area contributed by atoms with Crippen molar-refractivity contribution in [2.24, 2.45) is 0 Å². The third kappa shape index (κ3) is 3.47.